The quantitative estimate of drug-likeness (QED) is 0.390. The predicted octanol–water partition coefficient (Wildman–Crippen LogP) is 4.43. The molecule has 0 aliphatic rings. The molecule has 0 aliphatic carbocycles. The minimum atomic E-state index is -4.64. The topological polar surface area (TPSA) is 78.9 Å². The second-order valence-electron chi connectivity index (χ2n) is 5.98. The highest BCUT2D eigenvalue weighted by Gasteiger charge is 2.31. The Labute approximate surface area is 177 Å². The number of thiocarbonyl (C=S) groups is 1. The van der Waals surface area contributed by atoms with Crippen molar-refractivity contribution in [2.45, 2.75) is 12.7 Å². The molecule has 0 spiro atoms. The Morgan fingerprint density at radius 2 is 1.73 bits per heavy atom. The van der Waals surface area contributed by atoms with Gasteiger partial charge < -0.3 is 16.0 Å². The highest BCUT2D eigenvalue weighted by molar-refractivity contribution is 7.80. The van der Waals surface area contributed by atoms with Crippen molar-refractivity contribution in [3.63, 3.8) is 0 Å². The van der Waals surface area contributed by atoms with Crippen molar-refractivity contribution < 1.29 is 22.4 Å². The van der Waals surface area contributed by atoms with Gasteiger partial charge in [-0.1, -0.05) is 4.49 Å². The van der Waals surface area contributed by atoms with Crippen molar-refractivity contribution in [1.29, 1.82) is 0 Å². The van der Waals surface area contributed by atoms with E-state index >= 15 is 0 Å². The Hall–Kier alpha value is -3.12. The van der Waals surface area contributed by atoms with E-state index in [0.717, 1.165) is 23.7 Å². The summed E-state index contributed by atoms with van der Waals surface area (Å²) in [5.41, 5.74) is 0.344. The van der Waals surface area contributed by atoms with Crippen molar-refractivity contribution >= 4 is 46.1 Å². The van der Waals surface area contributed by atoms with Gasteiger partial charge in [-0.3, -0.25) is 4.79 Å². The second-order valence-corrected chi connectivity index (χ2v) is 6.99. The van der Waals surface area contributed by atoms with Crippen LogP contribution in [0.1, 0.15) is 21.6 Å². The Bertz CT molecular complexity index is 1040. The van der Waals surface area contributed by atoms with Gasteiger partial charge in [0, 0.05) is 23.3 Å². The van der Waals surface area contributed by atoms with Crippen LogP contribution in [-0.2, 0) is 12.7 Å². The van der Waals surface area contributed by atoms with Gasteiger partial charge in [0.15, 0.2) is 10.8 Å². The third kappa shape index (κ3) is 5.94. The van der Waals surface area contributed by atoms with Gasteiger partial charge in [-0.15, -0.1) is 5.10 Å². The van der Waals surface area contributed by atoms with Crippen LogP contribution in [0.15, 0.2) is 47.8 Å². The van der Waals surface area contributed by atoms with E-state index in [2.05, 4.69) is 25.5 Å². The number of amides is 1. The maximum Gasteiger partial charge on any atom is 0.416 e. The Kier molecular flexibility index (Phi) is 6.57. The molecule has 0 bridgehead atoms. The van der Waals surface area contributed by atoms with Crippen molar-refractivity contribution in [3.8, 4) is 0 Å². The number of hydrogen-bond donors (Lipinski definition) is 3. The first-order valence-corrected chi connectivity index (χ1v) is 9.55. The molecular weight excluding hydrogens is 442 g/mol. The Morgan fingerprint density at radius 3 is 2.33 bits per heavy atom. The molecule has 12 heteroatoms. The highest BCUT2D eigenvalue weighted by Crippen LogP contribution is 2.30. The fourth-order valence-electron chi connectivity index (χ4n) is 2.37. The number of hydrogen-bond acceptors (Lipinski definition) is 5. The Balaban J connectivity index is 1.54. The fraction of sp³-hybridized carbons (Fsp3) is 0.111. The van der Waals surface area contributed by atoms with Crippen molar-refractivity contribution in [2.24, 2.45) is 0 Å². The largest absolute Gasteiger partial charge is 0.416 e. The van der Waals surface area contributed by atoms with Gasteiger partial charge >= 0.3 is 6.18 Å². The molecule has 0 saturated heterocycles. The van der Waals surface area contributed by atoms with E-state index in [-0.39, 0.29) is 22.9 Å². The zero-order valence-corrected chi connectivity index (χ0v) is 16.6. The summed E-state index contributed by atoms with van der Waals surface area (Å²) >= 11 is 6.17. The number of rotatable bonds is 5. The summed E-state index contributed by atoms with van der Waals surface area (Å²) < 4.78 is 55.4. The van der Waals surface area contributed by atoms with Crippen LogP contribution in [0.4, 0.5) is 28.9 Å². The molecule has 3 rings (SSSR count). The number of halogens is 4. The lowest BCUT2D eigenvalue weighted by Gasteiger charge is -2.13. The van der Waals surface area contributed by atoms with Crippen molar-refractivity contribution in [3.05, 3.63) is 70.5 Å². The summed E-state index contributed by atoms with van der Waals surface area (Å²) in [5, 5.41) is 13.6. The van der Waals surface area contributed by atoms with E-state index in [1.807, 2.05) is 0 Å². The van der Waals surface area contributed by atoms with E-state index in [0.29, 0.717) is 17.4 Å². The summed E-state index contributed by atoms with van der Waals surface area (Å²) in [6.07, 6.45) is -4.64. The first-order chi connectivity index (χ1) is 14.2. The predicted molar refractivity (Wildman–Crippen MR) is 109 cm³/mol. The lowest BCUT2D eigenvalue weighted by Crippen LogP contribution is -2.28. The summed E-state index contributed by atoms with van der Waals surface area (Å²) in [6.45, 7) is -0.0948. The number of carbonyl (C=O) groups excluding carboxylic acids is 1. The average Bonchev–Trinajstić information content (AvgIpc) is 3.22. The van der Waals surface area contributed by atoms with Crippen LogP contribution in [0.25, 0.3) is 0 Å². The number of nitrogens with one attached hydrogen (secondary N) is 3. The molecule has 6 nitrogen and oxygen atoms in total. The maximum atomic E-state index is 13.4. The minimum absolute atomic E-state index is 0.0948. The molecule has 0 aliphatic heterocycles. The third-order valence-corrected chi connectivity index (χ3v) is 4.48. The van der Waals surface area contributed by atoms with Gasteiger partial charge in [0.05, 0.1) is 5.56 Å². The lowest BCUT2D eigenvalue weighted by atomic mass is 10.1. The smallest absolute Gasteiger partial charge is 0.358 e. The molecule has 1 aromatic heterocycles. The fourth-order valence-corrected chi connectivity index (χ4v) is 3.00. The number of aromatic nitrogens is 2. The standard InChI is InChI=1S/C18H13F4N5OS2/c19-12-6-10(5-11(7-12)18(20,21)22)8-23-17(29)25-14-3-1-13(2-4-14)24-16(28)15-9-30-27-26-15/h1-7,9H,8H2,(H,24,28)(H2,23,25,29). The second kappa shape index (κ2) is 9.13. The SMILES string of the molecule is O=C(Nc1ccc(NC(=S)NCc2cc(F)cc(C(F)(F)F)c2)cc1)c1csnn1. The van der Waals surface area contributed by atoms with E-state index in [1.165, 1.54) is 5.38 Å². The van der Waals surface area contributed by atoms with E-state index < -0.39 is 23.5 Å². The number of anilines is 2. The van der Waals surface area contributed by atoms with Gasteiger partial charge in [-0.2, -0.15) is 13.2 Å². The zero-order chi connectivity index (χ0) is 21.7. The van der Waals surface area contributed by atoms with Crippen molar-refractivity contribution in [1.82, 2.24) is 14.9 Å². The Morgan fingerprint density at radius 1 is 1.07 bits per heavy atom. The van der Waals surface area contributed by atoms with E-state index in [1.54, 1.807) is 24.3 Å². The number of alkyl halides is 3. The number of carbonyl (C=O) groups is 1. The summed E-state index contributed by atoms with van der Waals surface area (Å²) in [6, 6.07) is 8.84. The number of nitrogens with zero attached hydrogens (tertiary/aromatic N) is 2. The van der Waals surface area contributed by atoms with Gasteiger partial charge in [-0.25, -0.2) is 4.39 Å². The first-order valence-electron chi connectivity index (χ1n) is 8.31. The maximum absolute atomic E-state index is 13.4. The number of benzene rings is 2. The van der Waals surface area contributed by atoms with Crippen LogP contribution in [0.2, 0.25) is 0 Å². The van der Waals surface area contributed by atoms with Crippen molar-refractivity contribution in [2.75, 3.05) is 10.6 Å². The molecule has 2 aromatic carbocycles. The van der Waals surface area contributed by atoms with Gasteiger partial charge in [0.2, 0.25) is 0 Å². The lowest BCUT2D eigenvalue weighted by molar-refractivity contribution is -0.137. The van der Waals surface area contributed by atoms with Crippen LogP contribution in [-0.4, -0.2) is 20.6 Å². The van der Waals surface area contributed by atoms with Gasteiger partial charge in [0.25, 0.3) is 5.91 Å². The summed E-state index contributed by atoms with van der Waals surface area (Å²) in [7, 11) is 0. The summed E-state index contributed by atoms with van der Waals surface area (Å²) in [5.74, 6) is -1.37. The summed E-state index contributed by atoms with van der Waals surface area (Å²) in [4.78, 5) is 11.9. The molecule has 30 heavy (non-hydrogen) atoms. The van der Waals surface area contributed by atoms with E-state index in [4.69, 9.17) is 12.2 Å². The van der Waals surface area contributed by atoms with Crippen LogP contribution in [0.5, 0.6) is 0 Å². The molecule has 3 aromatic rings. The average molecular weight is 455 g/mol. The molecule has 0 radical (unpaired) electrons. The van der Waals surface area contributed by atoms with Crippen LogP contribution < -0.4 is 16.0 Å². The molecule has 1 heterocycles. The molecule has 0 unspecified atom stereocenters. The molecule has 1 amide bonds. The molecule has 0 fully saturated rings. The first kappa shape index (κ1) is 21.6. The monoisotopic (exact) mass is 455 g/mol. The van der Waals surface area contributed by atoms with Gasteiger partial charge in [0.1, 0.15) is 5.82 Å². The molecule has 156 valence electrons. The van der Waals surface area contributed by atoms with Crippen LogP contribution in [0.3, 0.4) is 0 Å². The molecular formula is C18H13F4N5OS2. The van der Waals surface area contributed by atoms with Gasteiger partial charge in [-0.05, 0) is 71.8 Å². The zero-order valence-electron chi connectivity index (χ0n) is 15.0. The molecule has 0 atom stereocenters. The van der Waals surface area contributed by atoms with Crippen LogP contribution in [0, 0.1) is 5.82 Å². The highest BCUT2D eigenvalue weighted by atomic mass is 32.1. The van der Waals surface area contributed by atoms with Crippen LogP contribution >= 0.6 is 23.8 Å². The molecule has 0 saturated carbocycles. The normalized spacial score (nSPS) is 11.1. The minimum Gasteiger partial charge on any atom is -0.358 e. The van der Waals surface area contributed by atoms with E-state index in [9.17, 15) is 22.4 Å². The molecule has 3 N–H and O–H groups in total. The third-order valence-electron chi connectivity index (χ3n) is 3.73.